The average Bonchev–Trinajstić information content (AvgIpc) is 2.79. The highest BCUT2D eigenvalue weighted by Gasteiger charge is 2.32. The molecule has 102 valence electrons. The normalized spacial score (nSPS) is 10.2. The minimum Gasteiger partial charge on any atom is -0.361 e. The SMILES string of the molecule is CC.CC.Cc1cc2[nH]ccc2cc1C(F)(F)F. The Hall–Kier alpha value is -1.45. The van der Waals surface area contributed by atoms with E-state index in [0.29, 0.717) is 5.39 Å². The number of aryl methyl sites for hydroxylation is 1. The first-order chi connectivity index (χ1) is 8.48. The van der Waals surface area contributed by atoms with Crippen LogP contribution in [0, 0.1) is 6.92 Å². The van der Waals surface area contributed by atoms with E-state index >= 15 is 0 Å². The molecule has 0 spiro atoms. The molecule has 4 heteroatoms. The van der Waals surface area contributed by atoms with Gasteiger partial charge in [-0.15, -0.1) is 0 Å². The van der Waals surface area contributed by atoms with Crippen LogP contribution in [0.2, 0.25) is 0 Å². The lowest BCUT2D eigenvalue weighted by atomic mass is 10.1. The molecule has 0 fully saturated rings. The fraction of sp³-hybridized carbons (Fsp3) is 0.429. The highest BCUT2D eigenvalue weighted by molar-refractivity contribution is 5.81. The van der Waals surface area contributed by atoms with Crippen molar-refractivity contribution in [2.24, 2.45) is 0 Å². The number of H-pyrrole nitrogens is 1. The summed E-state index contributed by atoms with van der Waals surface area (Å²) in [5.41, 5.74) is 0.410. The van der Waals surface area contributed by atoms with E-state index in [4.69, 9.17) is 0 Å². The minimum absolute atomic E-state index is 0.243. The van der Waals surface area contributed by atoms with E-state index in [1.54, 1.807) is 12.3 Å². The van der Waals surface area contributed by atoms with Gasteiger partial charge in [-0.05, 0) is 36.1 Å². The zero-order valence-corrected chi connectivity index (χ0v) is 11.4. The fourth-order valence-electron chi connectivity index (χ4n) is 1.51. The van der Waals surface area contributed by atoms with Gasteiger partial charge in [0.15, 0.2) is 0 Å². The molecular weight excluding hydrogens is 239 g/mol. The lowest BCUT2D eigenvalue weighted by Crippen LogP contribution is -2.06. The molecule has 0 atom stereocenters. The maximum absolute atomic E-state index is 12.5. The number of hydrogen-bond donors (Lipinski definition) is 1. The maximum atomic E-state index is 12.5. The van der Waals surface area contributed by atoms with E-state index in [2.05, 4.69) is 4.98 Å². The number of hydrogen-bond acceptors (Lipinski definition) is 0. The van der Waals surface area contributed by atoms with E-state index in [0.717, 1.165) is 5.52 Å². The van der Waals surface area contributed by atoms with Crippen LogP contribution in [-0.4, -0.2) is 4.98 Å². The van der Waals surface area contributed by atoms with Crippen molar-refractivity contribution in [2.75, 3.05) is 0 Å². The first-order valence-electron chi connectivity index (χ1n) is 6.13. The second kappa shape index (κ2) is 7.09. The Morgan fingerprint density at radius 3 is 2.06 bits per heavy atom. The largest absolute Gasteiger partial charge is 0.416 e. The summed E-state index contributed by atoms with van der Waals surface area (Å²) >= 11 is 0. The van der Waals surface area contributed by atoms with Crippen LogP contribution in [0.25, 0.3) is 10.9 Å². The van der Waals surface area contributed by atoms with Crippen LogP contribution in [0.3, 0.4) is 0 Å². The molecule has 1 nitrogen and oxygen atoms in total. The third-order valence-corrected chi connectivity index (χ3v) is 2.20. The van der Waals surface area contributed by atoms with Gasteiger partial charge in [0.05, 0.1) is 5.56 Å². The van der Waals surface area contributed by atoms with E-state index in [1.165, 1.54) is 19.1 Å². The molecule has 0 aliphatic rings. The van der Waals surface area contributed by atoms with E-state index in [-0.39, 0.29) is 5.56 Å². The van der Waals surface area contributed by atoms with Crippen molar-refractivity contribution in [3.8, 4) is 0 Å². The lowest BCUT2D eigenvalue weighted by molar-refractivity contribution is -0.137. The smallest absolute Gasteiger partial charge is 0.361 e. The molecule has 1 aromatic carbocycles. The van der Waals surface area contributed by atoms with Crippen molar-refractivity contribution >= 4 is 10.9 Å². The van der Waals surface area contributed by atoms with Gasteiger partial charge >= 0.3 is 6.18 Å². The van der Waals surface area contributed by atoms with Crippen LogP contribution >= 0.6 is 0 Å². The molecule has 0 radical (unpaired) electrons. The van der Waals surface area contributed by atoms with Crippen molar-refractivity contribution < 1.29 is 13.2 Å². The van der Waals surface area contributed by atoms with Gasteiger partial charge in [0.2, 0.25) is 0 Å². The number of alkyl halides is 3. The summed E-state index contributed by atoms with van der Waals surface area (Å²) in [6.45, 7) is 9.46. The molecule has 2 rings (SSSR count). The molecule has 2 aromatic rings. The number of fused-ring (bicyclic) bond motifs is 1. The minimum atomic E-state index is -4.27. The van der Waals surface area contributed by atoms with Crippen molar-refractivity contribution in [1.82, 2.24) is 4.98 Å². The predicted molar refractivity (Wildman–Crippen MR) is 70.7 cm³/mol. The molecule has 1 heterocycles. The van der Waals surface area contributed by atoms with Gasteiger partial charge < -0.3 is 4.98 Å². The van der Waals surface area contributed by atoms with Gasteiger partial charge in [-0.1, -0.05) is 27.7 Å². The van der Waals surface area contributed by atoms with Gasteiger partial charge in [0.25, 0.3) is 0 Å². The molecule has 0 saturated carbocycles. The van der Waals surface area contributed by atoms with Crippen molar-refractivity contribution in [2.45, 2.75) is 40.8 Å². The van der Waals surface area contributed by atoms with Gasteiger partial charge in [-0.2, -0.15) is 13.2 Å². The first-order valence-corrected chi connectivity index (χ1v) is 6.13. The quantitative estimate of drug-likeness (QED) is 0.638. The average molecular weight is 259 g/mol. The lowest BCUT2D eigenvalue weighted by Gasteiger charge is -2.09. The number of halogens is 3. The topological polar surface area (TPSA) is 15.8 Å². The van der Waals surface area contributed by atoms with Gasteiger partial charge in [-0.25, -0.2) is 0 Å². The molecule has 0 saturated heterocycles. The highest BCUT2D eigenvalue weighted by Crippen LogP contribution is 2.33. The Morgan fingerprint density at radius 2 is 1.56 bits per heavy atom. The molecular formula is C14H20F3N. The number of rotatable bonds is 0. The molecule has 1 aromatic heterocycles. The summed E-state index contributed by atoms with van der Waals surface area (Å²) < 4.78 is 37.4. The number of aromatic amines is 1. The summed E-state index contributed by atoms with van der Waals surface area (Å²) in [4.78, 5) is 2.87. The molecule has 0 aliphatic carbocycles. The highest BCUT2D eigenvalue weighted by atomic mass is 19.4. The van der Waals surface area contributed by atoms with E-state index < -0.39 is 11.7 Å². The van der Waals surface area contributed by atoms with E-state index in [9.17, 15) is 13.2 Å². The third-order valence-electron chi connectivity index (χ3n) is 2.20. The molecule has 0 unspecified atom stereocenters. The summed E-state index contributed by atoms with van der Waals surface area (Å²) in [6, 6.07) is 4.31. The monoisotopic (exact) mass is 259 g/mol. The summed E-state index contributed by atoms with van der Waals surface area (Å²) in [5.74, 6) is 0. The van der Waals surface area contributed by atoms with Crippen LogP contribution in [-0.2, 0) is 6.18 Å². The summed E-state index contributed by atoms with van der Waals surface area (Å²) in [6.07, 6.45) is -2.64. The second-order valence-corrected chi connectivity index (χ2v) is 3.23. The molecule has 0 amide bonds. The Balaban J connectivity index is 0.000000659. The standard InChI is InChI=1S/C10H8F3N.2C2H6/c1-6-4-9-7(2-3-14-9)5-8(6)10(11,12)13;2*1-2/h2-5,14H,1H3;2*1-2H3. The summed E-state index contributed by atoms with van der Waals surface area (Å²) in [5, 5.41) is 0.586. The number of nitrogens with one attached hydrogen (secondary N) is 1. The van der Waals surface area contributed by atoms with Crippen LogP contribution in [0.4, 0.5) is 13.2 Å². The Bertz CT molecular complexity index is 469. The molecule has 18 heavy (non-hydrogen) atoms. The third kappa shape index (κ3) is 3.79. The van der Waals surface area contributed by atoms with Crippen molar-refractivity contribution in [3.63, 3.8) is 0 Å². The van der Waals surface area contributed by atoms with Crippen LogP contribution in [0.15, 0.2) is 24.4 Å². The van der Waals surface area contributed by atoms with Crippen LogP contribution in [0.5, 0.6) is 0 Å². The predicted octanol–water partition coefficient (Wildman–Crippen LogP) is 5.55. The van der Waals surface area contributed by atoms with E-state index in [1.807, 2.05) is 27.7 Å². The fourth-order valence-corrected chi connectivity index (χ4v) is 1.51. The maximum Gasteiger partial charge on any atom is 0.416 e. The van der Waals surface area contributed by atoms with Crippen molar-refractivity contribution in [1.29, 1.82) is 0 Å². The second-order valence-electron chi connectivity index (χ2n) is 3.23. The van der Waals surface area contributed by atoms with Crippen LogP contribution < -0.4 is 0 Å². The molecule has 0 bridgehead atoms. The zero-order valence-electron chi connectivity index (χ0n) is 11.4. The van der Waals surface area contributed by atoms with Crippen LogP contribution in [0.1, 0.15) is 38.8 Å². The zero-order chi connectivity index (χ0) is 14.3. The Kier molecular flexibility index (Phi) is 6.52. The van der Waals surface area contributed by atoms with Gasteiger partial charge in [0.1, 0.15) is 0 Å². The Morgan fingerprint density at radius 1 is 1.00 bits per heavy atom. The Labute approximate surface area is 106 Å². The first kappa shape index (κ1) is 16.6. The molecule has 1 N–H and O–H groups in total. The number of benzene rings is 1. The van der Waals surface area contributed by atoms with Crippen molar-refractivity contribution in [3.05, 3.63) is 35.5 Å². The summed E-state index contributed by atoms with van der Waals surface area (Å²) in [7, 11) is 0. The molecule has 0 aliphatic heterocycles. The van der Waals surface area contributed by atoms with Gasteiger partial charge in [-0.3, -0.25) is 0 Å². The number of aromatic nitrogens is 1. The van der Waals surface area contributed by atoms with Gasteiger partial charge in [0, 0.05) is 11.7 Å².